The van der Waals surface area contributed by atoms with Crippen LogP contribution >= 0.6 is 11.6 Å². The Morgan fingerprint density at radius 3 is 3.14 bits per heavy atom. The van der Waals surface area contributed by atoms with Crippen molar-refractivity contribution in [2.45, 2.75) is 31.8 Å². The van der Waals surface area contributed by atoms with Gasteiger partial charge in [0.05, 0.1) is 5.39 Å². The molecule has 116 valence electrons. The molecule has 6 nitrogen and oxygen atoms in total. The second-order valence-corrected chi connectivity index (χ2v) is 5.88. The number of rotatable bonds is 3. The maximum Gasteiger partial charge on any atom is 0.246 e. The molecule has 7 heteroatoms. The van der Waals surface area contributed by atoms with E-state index in [0.29, 0.717) is 18.0 Å². The number of aromatic amines is 1. The van der Waals surface area contributed by atoms with E-state index in [9.17, 15) is 4.79 Å². The van der Waals surface area contributed by atoms with Gasteiger partial charge in [-0.3, -0.25) is 4.79 Å². The Hall–Kier alpha value is -2.08. The number of nitrogens with one attached hydrogen (secondary N) is 2. The molecule has 3 rings (SSSR count). The summed E-state index contributed by atoms with van der Waals surface area (Å²) >= 11 is 5.96. The quantitative estimate of drug-likeness (QED) is 0.673. The first-order chi connectivity index (χ1) is 10.6. The Morgan fingerprint density at radius 2 is 2.36 bits per heavy atom. The maximum atomic E-state index is 11.9. The lowest BCUT2D eigenvalue weighted by molar-refractivity contribution is -0.129. The van der Waals surface area contributed by atoms with Gasteiger partial charge in [0.25, 0.3) is 0 Å². The van der Waals surface area contributed by atoms with Crippen molar-refractivity contribution >= 4 is 34.4 Å². The number of carbonyl (C=O) groups is 1. The standard InChI is InChI=1S/C15H18ClN5O/c1-3-12(22)21-8-10(5-4-9(21)2)18-14-11-6-7-17-13(11)19-15(16)20-14/h3,6-7,9-10H,1,4-5,8H2,2H3,(H2,17,18,19,20)/t9-,10+/m0/s1. The highest BCUT2D eigenvalue weighted by Crippen LogP contribution is 2.25. The number of hydrogen-bond acceptors (Lipinski definition) is 4. The van der Waals surface area contributed by atoms with Crippen LogP contribution in [0.25, 0.3) is 11.0 Å². The molecule has 0 spiro atoms. The highest BCUT2D eigenvalue weighted by Gasteiger charge is 2.28. The highest BCUT2D eigenvalue weighted by atomic mass is 35.5. The van der Waals surface area contributed by atoms with E-state index in [0.717, 1.165) is 18.2 Å². The van der Waals surface area contributed by atoms with Gasteiger partial charge >= 0.3 is 0 Å². The molecule has 1 aliphatic rings. The van der Waals surface area contributed by atoms with Gasteiger partial charge < -0.3 is 15.2 Å². The number of halogens is 1. The normalized spacial score (nSPS) is 21.8. The smallest absolute Gasteiger partial charge is 0.246 e. The molecule has 2 atom stereocenters. The molecule has 1 saturated heterocycles. The monoisotopic (exact) mass is 319 g/mol. The molecule has 0 radical (unpaired) electrons. The van der Waals surface area contributed by atoms with Gasteiger partial charge in [-0.25, -0.2) is 4.98 Å². The maximum absolute atomic E-state index is 11.9. The number of likely N-dealkylation sites (tertiary alicyclic amines) is 1. The molecule has 0 saturated carbocycles. The zero-order valence-electron chi connectivity index (χ0n) is 12.3. The number of carbonyl (C=O) groups excluding carboxylic acids is 1. The van der Waals surface area contributed by atoms with Gasteiger partial charge in [0.2, 0.25) is 11.2 Å². The zero-order chi connectivity index (χ0) is 15.7. The summed E-state index contributed by atoms with van der Waals surface area (Å²) in [6.45, 7) is 6.25. The second kappa shape index (κ2) is 5.96. The molecule has 2 aromatic heterocycles. The predicted molar refractivity (Wildman–Crippen MR) is 86.9 cm³/mol. The first kappa shape index (κ1) is 14.8. The molecule has 0 aliphatic carbocycles. The third-order valence-electron chi connectivity index (χ3n) is 4.07. The van der Waals surface area contributed by atoms with Crippen LogP contribution in [-0.4, -0.2) is 44.4 Å². The molecule has 2 aromatic rings. The van der Waals surface area contributed by atoms with Crippen molar-refractivity contribution in [3.05, 3.63) is 30.2 Å². The van der Waals surface area contributed by atoms with Crippen LogP contribution < -0.4 is 5.32 Å². The minimum absolute atomic E-state index is 0.0356. The third-order valence-corrected chi connectivity index (χ3v) is 4.24. The van der Waals surface area contributed by atoms with E-state index in [4.69, 9.17) is 11.6 Å². The predicted octanol–water partition coefficient (Wildman–Crippen LogP) is 2.59. The number of H-pyrrole nitrogens is 1. The average Bonchev–Trinajstić information content (AvgIpc) is 2.96. The molecule has 3 heterocycles. The molecule has 2 N–H and O–H groups in total. The van der Waals surface area contributed by atoms with Crippen LogP contribution in [-0.2, 0) is 4.79 Å². The number of anilines is 1. The van der Waals surface area contributed by atoms with Crippen molar-refractivity contribution in [2.75, 3.05) is 11.9 Å². The highest BCUT2D eigenvalue weighted by molar-refractivity contribution is 6.28. The van der Waals surface area contributed by atoms with Crippen LogP contribution in [0.1, 0.15) is 19.8 Å². The van der Waals surface area contributed by atoms with E-state index in [1.807, 2.05) is 11.0 Å². The Bertz CT molecular complexity index is 713. The summed E-state index contributed by atoms with van der Waals surface area (Å²) in [6.07, 6.45) is 5.07. The van der Waals surface area contributed by atoms with E-state index in [1.54, 1.807) is 6.20 Å². The number of piperidine rings is 1. The van der Waals surface area contributed by atoms with Crippen molar-refractivity contribution in [1.29, 1.82) is 0 Å². The number of amides is 1. The summed E-state index contributed by atoms with van der Waals surface area (Å²) in [5.74, 6) is 0.660. The largest absolute Gasteiger partial charge is 0.365 e. The number of hydrogen-bond donors (Lipinski definition) is 2. The average molecular weight is 320 g/mol. The zero-order valence-corrected chi connectivity index (χ0v) is 13.1. The molecule has 1 amide bonds. The van der Waals surface area contributed by atoms with Crippen LogP contribution in [0.5, 0.6) is 0 Å². The second-order valence-electron chi connectivity index (χ2n) is 5.54. The summed E-state index contributed by atoms with van der Waals surface area (Å²) in [5, 5.41) is 4.48. The third kappa shape index (κ3) is 2.78. The van der Waals surface area contributed by atoms with E-state index in [1.165, 1.54) is 6.08 Å². The Labute approximate surface area is 133 Å². The summed E-state index contributed by atoms with van der Waals surface area (Å²) in [6, 6.07) is 2.26. The van der Waals surface area contributed by atoms with Gasteiger partial charge in [0.1, 0.15) is 11.5 Å². The summed E-state index contributed by atoms with van der Waals surface area (Å²) < 4.78 is 0. The fourth-order valence-electron chi connectivity index (χ4n) is 2.87. The van der Waals surface area contributed by atoms with Crippen LogP contribution in [0.3, 0.4) is 0 Å². The molecule has 0 aromatic carbocycles. The van der Waals surface area contributed by atoms with Crippen molar-refractivity contribution in [1.82, 2.24) is 19.9 Å². The van der Waals surface area contributed by atoms with Gasteiger partial charge in [-0.1, -0.05) is 6.58 Å². The summed E-state index contributed by atoms with van der Waals surface area (Å²) in [7, 11) is 0. The van der Waals surface area contributed by atoms with Crippen LogP contribution in [0.4, 0.5) is 5.82 Å². The SMILES string of the molecule is C=CC(=O)N1C[C@H](Nc2nc(Cl)nc3[nH]ccc23)CC[C@@H]1C. The van der Waals surface area contributed by atoms with Gasteiger partial charge in [-0.15, -0.1) is 0 Å². The molecule has 0 unspecified atom stereocenters. The Kier molecular flexibility index (Phi) is 4.02. The summed E-state index contributed by atoms with van der Waals surface area (Å²) in [5.41, 5.74) is 0.700. The van der Waals surface area contributed by atoms with E-state index in [2.05, 4.69) is 33.8 Å². The van der Waals surface area contributed by atoms with Gasteiger partial charge in [-0.05, 0) is 43.5 Å². The van der Waals surface area contributed by atoms with Crippen LogP contribution in [0, 0.1) is 0 Å². The fourth-order valence-corrected chi connectivity index (χ4v) is 3.04. The minimum Gasteiger partial charge on any atom is -0.365 e. The van der Waals surface area contributed by atoms with E-state index in [-0.39, 0.29) is 23.3 Å². The lowest BCUT2D eigenvalue weighted by atomic mass is 9.99. The van der Waals surface area contributed by atoms with Crippen molar-refractivity contribution in [2.24, 2.45) is 0 Å². The van der Waals surface area contributed by atoms with Gasteiger partial charge in [0, 0.05) is 24.8 Å². The van der Waals surface area contributed by atoms with Crippen molar-refractivity contribution in [3.63, 3.8) is 0 Å². The molecule has 22 heavy (non-hydrogen) atoms. The number of fused-ring (bicyclic) bond motifs is 1. The molecular weight excluding hydrogens is 302 g/mol. The Balaban J connectivity index is 1.81. The molecule has 1 aliphatic heterocycles. The lowest BCUT2D eigenvalue weighted by Crippen LogP contribution is -2.49. The molecule has 1 fully saturated rings. The van der Waals surface area contributed by atoms with Crippen LogP contribution in [0.15, 0.2) is 24.9 Å². The number of aromatic nitrogens is 3. The lowest BCUT2D eigenvalue weighted by Gasteiger charge is -2.38. The number of nitrogens with zero attached hydrogens (tertiary/aromatic N) is 3. The Morgan fingerprint density at radius 1 is 1.55 bits per heavy atom. The summed E-state index contributed by atoms with van der Waals surface area (Å²) in [4.78, 5) is 25.2. The minimum atomic E-state index is -0.0356. The molecule has 0 bridgehead atoms. The van der Waals surface area contributed by atoms with Gasteiger partial charge in [0.15, 0.2) is 0 Å². The first-order valence-electron chi connectivity index (χ1n) is 7.28. The van der Waals surface area contributed by atoms with Gasteiger partial charge in [-0.2, -0.15) is 4.98 Å². The first-order valence-corrected chi connectivity index (χ1v) is 7.66. The fraction of sp³-hybridized carbons (Fsp3) is 0.400. The van der Waals surface area contributed by atoms with Crippen LogP contribution in [0.2, 0.25) is 5.28 Å². The topological polar surface area (TPSA) is 73.9 Å². The van der Waals surface area contributed by atoms with Crippen molar-refractivity contribution in [3.8, 4) is 0 Å². The molecular formula is C15H18ClN5O. The van der Waals surface area contributed by atoms with E-state index < -0.39 is 0 Å². The van der Waals surface area contributed by atoms with E-state index >= 15 is 0 Å². The van der Waals surface area contributed by atoms with Crippen molar-refractivity contribution < 1.29 is 4.79 Å².